The molecule has 1 aromatic heterocycles. The number of rotatable bonds is 4. The Hall–Kier alpha value is -2.62. The van der Waals surface area contributed by atoms with Gasteiger partial charge in [0.15, 0.2) is 0 Å². The molecule has 0 radical (unpaired) electrons. The maximum absolute atomic E-state index is 10.4. The molecule has 0 bridgehead atoms. The first-order valence-electron chi connectivity index (χ1n) is 5.75. The van der Waals surface area contributed by atoms with Gasteiger partial charge < -0.3 is 9.84 Å². The second-order valence-corrected chi connectivity index (χ2v) is 3.98. The number of aliphatic carboxylic acids is 1. The Balaban J connectivity index is 2.06. The van der Waals surface area contributed by atoms with E-state index in [0.717, 1.165) is 17.3 Å². The van der Waals surface area contributed by atoms with E-state index in [9.17, 15) is 4.79 Å². The van der Waals surface area contributed by atoms with Gasteiger partial charge in [-0.25, -0.2) is 4.79 Å². The summed E-state index contributed by atoms with van der Waals surface area (Å²) >= 11 is 0. The average Bonchev–Trinajstić information content (AvgIpc) is 2.40. The average molecular weight is 255 g/mol. The minimum absolute atomic E-state index is 0.666. The van der Waals surface area contributed by atoms with Crippen molar-refractivity contribution in [2.75, 3.05) is 0 Å². The lowest BCUT2D eigenvalue weighted by Gasteiger charge is -2.05. The van der Waals surface area contributed by atoms with E-state index in [1.807, 2.05) is 19.1 Å². The van der Waals surface area contributed by atoms with Crippen LogP contribution in [0.25, 0.3) is 6.08 Å². The van der Waals surface area contributed by atoms with Crippen molar-refractivity contribution in [2.24, 2.45) is 0 Å². The molecule has 0 aliphatic heterocycles. The molecule has 1 aromatic carbocycles. The molecule has 4 heteroatoms. The number of aryl methyl sites for hydroxylation is 1. The Morgan fingerprint density at radius 2 is 1.84 bits per heavy atom. The topological polar surface area (TPSA) is 59.4 Å². The highest BCUT2D eigenvalue weighted by molar-refractivity contribution is 5.85. The van der Waals surface area contributed by atoms with Crippen LogP contribution in [-0.4, -0.2) is 16.1 Å². The van der Waals surface area contributed by atoms with E-state index in [1.54, 1.807) is 30.5 Å². The lowest BCUT2D eigenvalue weighted by atomic mass is 10.2. The van der Waals surface area contributed by atoms with Gasteiger partial charge in [0.2, 0.25) is 0 Å². The molecule has 0 unspecified atom stereocenters. The van der Waals surface area contributed by atoms with Crippen molar-refractivity contribution >= 4 is 12.0 Å². The number of hydrogen-bond acceptors (Lipinski definition) is 3. The summed E-state index contributed by atoms with van der Waals surface area (Å²) in [5.74, 6) is 0.378. The minimum Gasteiger partial charge on any atom is -0.478 e. The summed E-state index contributed by atoms with van der Waals surface area (Å²) in [4.78, 5) is 14.5. The third-order valence-electron chi connectivity index (χ3n) is 2.42. The standard InChI is InChI=1S/C15H13NO3/c1-11-2-6-14(10-16-11)19-13-7-3-12(4-8-13)5-9-15(17)18/h2-10H,1H3,(H,17,18). The maximum atomic E-state index is 10.4. The van der Waals surface area contributed by atoms with Crippen LogP contribution in [0.1, 0.15) is 11.3 Å². The van der Waals surface area contributed by atoms with Crippen molar-refractivity contribution in [3.8, 4) is 11.5 Å². The first-order valence-corrected chi connectivity index (χ1v) is 5.75. The molecule has 0 atom stereocenters. The number of carboxylic acid groups (broad SMARTS) is 1. The monoisotopic (exact) mass is 255 g/mol. The van der Waals surface area contributed by atoms with Gasteiger partial charge in [0.1, 0.15) is 11.5 Å². The van der Waals surface area contributed by atoms with Crippen LogP contribution in [0, 0.1) is 6.92 Å². The van der Waals surface area contributed by atoms with Crippen LogP contribution in [0.2, 0.25) is 0 Å². The molecule has 1 heterocycles. The van der Waals surface area contributed by atoms with E-state index in [-0.39, 0.29) is 0 Å². The predicted molar refractivity (Wildman–Crippen MR) is 72.2 cm³/mol. The van der Waals surface area contributed by atoms with Gasteiger partial charge in [0.05, 0.1) is 6.20 Å². The van der Waals surface area contributed by atoms with Crippen LogP contribution in [0.3, 0.4) is 0 Å². The molecule has 4 nitrogen and oxygen atoms in total. The van der Waals surface area contributed by atoms with Crippen LogP contribution in [0.5, 0.6) is 11.5 Å². The van der Waals surface area contributed by atoms with Gasteiger partial charge in [-0.3, -0.25) is 4.98 Å². The largest absolute Gasteiger partial charge is 0.478 e. The minimum atomic E-state index is -0.967. The van der Waals surface area contributed by atoms with Crippen molar-refractivity contribution in [1.29, 1.82) is 0 Å². The predicted octanol–water partition coefficient (Wildman–Crippen LogP) is 3.28. The molecule has 1 N–H and O–H groups in total. The molecule has 0 aliphatic rings. The Kier molecular flexibility index (Phi) is 3.93. The molecule has 0 fully saturated rings. The van der Waals surface area contributed by atoms with E-state index in [2.05, 4.69) is 4.98 Å². The zero-order chi connectivity index (χ0) is 13.7. The Morgan fingerprint density at radius 3 is 2.42 bits per heavy atom. The Morgan fingerprint density at radius 1 is 1.16 bits per heavy atom. The highest BCUT2D eigenvalue weighted by Crippen LogP contribution is 2.21. The van der Waals surface area contributed by atoms with Gasteiger partial charge in [0.25, 0.3) is 0 Å². The van der Waals surface area contributed by atoms with Crippen LogP contribution in [-0.2, 0) is 4.79 Å². The summed E-state index contributed by atoms with van der Waals surface area (Å²) in [6.07, 6.45) is 4.28. The fourth-order valence-corrected chi connectivity index (χ4v) is 1.47. The molecule has 0 aliphatic carbocycles. The van der Waals surface area contributed by atoms with Gasteiger partial charge in [0, 0.05) is 11.8 Å². The molecule has 96 valence electrons. The number of hydrogen-bond donors (Lipinski definition) is 1. The van der Waals surface area contributed by atoms with E-state index in [0.29, 0.717) is 11.5 Å². The number of carboxylic acids is 1. The highest BCUT2D eigenvalue weighted by Gasteiger charge is 1.97. The first kappa shape index (κ1) is 12.8. The summed E-state index contributed by atoms with van der Waals surface area (Å²) < 4.78 is 5.61. The first-order chi connectivity index (χ1) is 9.13. The lowest BCUT2D eigenvalue weighted by Crippen LogP contribution is -1.87. The summed E-state index contributed by atoms with van der Waals surface area (Å²) in [6.45, 7) is 1.91. The summed E-state index contributed by atoms with van der Waals surface area (Å²) in [6, 6.07) is 10.9. The SMILES string of the molecule is Cc1ccc(Oc2ccc(C=CC(=O)O)cc2)cn1. The quantitative estimate of drug-likeness (QED) is 0.852. The second kappa shape index (κ2) is 5.82. The van der Waals surface area contributed by atoms with Crippen LogP contribution in [0.15, 0.2) is 48.7 Å². The van der Waals surface area contributed by atoms with Crippen LogP contribution in [0.4, 0.5) is 0 Å². The van der Waals surface area contributed by atoms with Crippen molar-refractivity contribution in [3.63, 3.8) is 0 Å². The van der Waals surface area contributed by atoms with Crippen molar-refractivity contribution < 1.29 is 14.6 Å². The number of pyridine rings is 1. The van der Waals surface area contributed by atoms with Crippen molar-refractivity contribution in [1.82, 2.24) is 4.98 Å². The number of ether oxygens (including phenoxy) is 1. The van der Waals surface area contributed by atoms with Crippen LogP contribution >= 0.6 is 0 Å². The van der Waals surface area contributed by atoms with Gasteiger partial charge >= 0.3 is 5.97 Å². The smallest absolute Gasteiger partial charge is 0.328 e. The Bertz CT molecular complexity index is 586. The van der Waals surface area contributed by atoms with E-state index in [4.69, 9.17) is 9.84 Å². The van der Waals surface area contributed by atoms with E-state index >= 15 is 0 Å². The van der Waals surface area contributed by atoms with Gasteiger partial charge in [-0.1, -0.05) is 12.1 Å². The molecule has 0 saturated heterocycles. The maximum Gasteiger partial charge on any atom is 0.328 e. The number of carbonyl (C=O) groups is 1. The summed E-state index contributed by atoms with van der Waals surface area (Å²) in [5.41, 5.74) is 1.73. The molecule has 2 rings (SSSR count). The molecular weight excluding hydrogens is 242 g/mol. The molecule has 0 saturated carbocycles. The highest BCUT2D eigenvalue weighted by atomic mass is 16.5. The van der Waals surface area contributed by atoms with Crippen molar-refractivity contribution in [3.05, 3.63) is 59.9 Å². The fraction of sp³-hybridized carbons (Fsp3) is 0.0667. The lowest BCUT2D eigenvalue weighted by molar-refractivity contribution is -0.131. The van der Waals surface area contributed by atoms with Gasteiger partial charge in [-0.15, -0.1) is 0 Å². The van der Waals surface area contributed by atoms with E-state index < -0.39 is 5.97 Å². The zero-order valence-electron chi connectivity index (χ0n) is 10.4. The van der Waals surface area contributed by atoms with Gasteiger partial charge in [-0.05, 0) is 42.8 Å². The van der Waals surface area contributed by atoms with Crippen LogP contribution < -0.4 is 4.74 Å². The van der Waals surface area contributed by atoms with Crippen molar-refractivity contribution in [2.45, 2.75) is 6.92 Å². The fourth-order valence-electron chi connectivity index (χ4n) is 1.47. The summed E-state index contributed by atoms with van der Waals surface area (Å²) in [7, 11) is 0. The Labute approximate surface area is 111 Å². The third-order valence-corrected chi connectivity index (χ3v) is 2.42. The molecule has 19 heavy (non-hydrogen) atoms. The number of benzene rings is 1. The number of aromatic nitrogens is 1. The second-order valence-electron chi connectivity index (χ2n) is 3.98. The molecule has 0 spiro atoms. The normalized spacial score (nSPS) is 10.6. The third kappa shape index (κ3) is 3.96. The molecule has 0 amide bonds. The molecular formula is C15H13NO3. The summed E-state index contributed by atoms with van der Waals surface area (Å²) in [5, 5.41) is 8.53. The van der Waals surface area contributed by atoms with Gasteiger partial charge in [-0.2, -0.15) is 0 Å². The molecule has 2 aromatic rings. The number of nitrogens with zero attached hydrogens (tertiary/aromatic N) is 1. The zero-order valence-corrected chi connectivity index (χ0v) is 10.4. The van der Waals surface area contributed by atoms with E-state index in [1.165, 1.54) is 6.08 Å².